The maximum atomic E-state index is 11.0. The van der Waals surface area contributed by atoms with Gasteiger partial charge in [-0.2, -0.15) is 0 Å². The molecular weight excluding hydrogens is 230 g/mol. The monoisotopic (exact) mass is 249 g/mol. The number of rotatable bonds is 6. The van der Waals surface area contributed by atoms with Crippen LogP contribution in [-0.4, -0.2) is 24.2 Å². The summed E-state index contributed by atoms with van der Waals surface area (Å²) in [6.07, 6.45) is 2.92. The topological polar surface area (TPSA) is 72.5 Å². The quantitative estimate of drug-likeness (QED) is 0.803. The molecule has 0 aromatic heterocycles. The lowest BCUT2D eigenvalue weighted by Crippen LogP contribution is -2.18. The van der Waals surface area contributed by atoms with E-state index in [1.165, 1.54) is 11.1 Å². The zero-order valence-electron chi connectivity index (χ0n) is 10.4. The second kappa shape index (κ2) is 5.87. The normalized spacial score (nSPS) is 14.9. The van der Waals surface area contributed by atoms with E-state index in [0.717, 1.165) is 25.2 Å². The molecule has 98 valence electrons. The van der Waals surface area contributed by atoms with Crippen molar-refractivity contribution in [3.05, 3.63) is 29.3 Å². The number of fused-ring (bicyclic) bond motifs is 1. The highest BCUT2D eigenvalue weighted by molar-refractivity contribution is 5.69. The zero-order valence-corrected chi connectivity index (χ0v) is 10.4. The first-order chi connectivity index (χ1) is 8.70. The molecule has 0 saturated heterocycles. The molecule has 1 aromatic rings. The van der Waals surface area contributed by atoms with E-state index in [0.29, 0.717) is 19.4 Å². The Morgan fingerprint density at radius 3 is 3.00 bits per heavy atom. The van der Waals surface area contributed by atoms with Gasteiger partial charge in [-0.1, -0.05) is 12.1 Å². The number of benzene rings is 1. The third kappa shape index (κ3) is 3.01. The smallest absolute Gasteiger partial charge is 0.306 e. The molecule has 0 amide bonds. The molecule has 4 heteroatoms. The van der Waals surface area contributed by atoms with Crippen LogP contribution in [0, 0.1) is 5.92 Å². The van der Waals surface area contributed by atoms with Gasteiger partial charge < -0.3 is 15.6 Å². The predicted molar refractivity (Wildman–Crippen MR) is 68.8 cm³/mol. The van der Waals surface area contributed by atoms with Crippen molar-refractivity contribution in [1.82, 2.24) is 0 Å². The molecule has 0 bridgehead atoms. The van der Waals surface area contributed by atoms with Gasteiger partial charge in [0.1, 0.15) is 5.75 Å². The maximum Gasteiger partial charge on any atom is 0.306 e. The Balaban J connectivity index is 1.95. The van der Waals surface area contributed by atoms with Crippen LogP contribution in [0.2, 0.25) is 0 Å². The van der Waals surface area contributed by atoms with E-state index in [4.69, 9.17) is 15.6 Å². The molecule has 3 N–H and O–H groups in total. The van der Waals surface area contributed by atoms with Crippen LogP contribution in [0.15, 0.2) is 18.2 Å². The number of nitrogens with two attached hydrogens (primary N) is 1. The van der Waals surface area contributed by atoms with Gasteiger partial charge in [0.25, 0.3) is 0 Å². The molecule has 0 radical (unpaired) electrons. The summed E-state index contributed by atoms with van der Waals surface area (Å²) in [4.78, 5) is 11.0. The van der Waals surface area contributed by atoms with E-state index < -0.39 is 5.97 Å². The molecule has 0 saturated carbocycles. The predicted octanol–water partition coefficient (Wildman–Crippen LogP) is 1.60. The van der Waals surface area contributed by atoms with Crippen molar-refractivity contribution in [2.24, 2.45) is 11.7 Å². The van der Waals surface area contributed by atoms with Gasteiger partial charge in [0, 0.05) is 6.42 Å². The van der Waals surface area contributed by atoms with E-state index in [2.05, 4.69) is 6.07 Å². The van der Waals surface area contributed by atoms with Crippen molar-refractivity contribution < 1.29 is 14.6 Å². The van der Waals surface area contributed by atoms with Crippen LogP contribution in [0.25, 0.3) is 0 Å². The summed E-state index contributed by atoms with van der Waals surface area (Å²) in [5, 5.41) is 9.06. The minimum atomic E-state index is -0.745. The summed E-state index contributed by atoms with van der Waals surface area (Å²) in [5.41, 5.74) is 7.85. The molecule has 1 aliphatic rings. The summed E-state index contributed by atoms with van der Waals surface area (Å²) < 4.78 is 5.45. The maximum absolute atomic E-state index is 11.0. The zero-order chi connectivity index (χ0) is 13.0. The van der Waals surface area contributed by atoms with E-state index in [1.807, 2.05) is 12.1 Å². The molecule has 1 heterocycles. The fraction of sp³-hybridized carbons (Fsp3) is 0.500. The highest BCUT2D eigenvalue weighted by Crippen LogP contribution is 2.26. The average molecular weight is 249 g/mol. The molecule has 0 aliphatic carbocycles. The fourth-order valence-corrected chi connectivity index (χ4v) is 2.33. The number of carboxylic acids is 1. The number of carbonyl (C=O) groups is 1. The van der Waals surface area contributed by atoms with Gasteiger partial charge in [0.05, 0.1) is 12.5 Å². The van der Waals surface area contributed by atoms with Crippen LogP contribution in [0.4, 0.5) is 0 Å². The van der Waals surface area contributed by atoms with Gasteiger partial charge >= 0.3 is 5.97 Å². The summed E-state index contributed by atoms with van der Waals surface area (Å²) in [5.74, 6) is -0.111. The molecule has 1 atom stereocenters. The number of carboxylic acid groups (broad SMARTS) is 1. The van der Waals surface area contributed by atoms with E-state index in [1.54, 1.807) is 0 Å². The van der Waals surface area contributed by atoms with Crippen LogP contribution >= 0.6 is 0 Å². The first-order valence-electron chi connectivity index (χ1n) is 6.38. The lowest BCUT2D eigenvalue weighted by molar-refractivity contribution is -0.142. The number of aliphatic carboxylic acids is 1. The van der Waals surface area contributed by atoms with Gasteiger partial charge in [-0.25, -0.2) is 0 Å². The number of ether oxygens (including phenoxy) is 1. The summed E-state index contributed by atoms with van der Waals surface area (Å²) in [6, 6.07) is 6.13. The lowest BCUT2D eigenvalue weighted by atomic mass is 9.95. The van der Waals surface area contributed by atoms with E-state index in [9.17, 15) is 4.79 Å². The minimum absolute atomic E-state index is 0.334. The van der Waals surface area contributed by atoms with Crippen molar-refractivity contribution in [3.8, 4) is 5.75 Å². The molecule has 2 rings (SSSR count). The van der Waals surface area contributed by atoms with Crippen LogP contribution in [-0.2, 0) is 17.6 Å². The SMILES string of the molecule is NCCC(CCc1ccc2c(c1)CCO2)C(=O)O. The standard InChI is InChI=1S/C14H19NO3/c15-7-5-11(14(16)17)3-1-10-2-4-13-12(9-10)6-8-18-13/h2,4,9,11H,1,3,5-8,15H2,(H,16,17). The van der Waals surface area contributed by atoms with Crippen molar-refractivity contribution in [1.29, 1.82) is 0 Å². The summed E-state index contributed by atoms with van der Waals surface area (Å²) in [7, 11) is 0. The van der Waals surface area contributed by atoms with Gasteiger partial charge in [-0.05, 0) is 43.0 Å². The van der Waals surface area contributed by atoms with Crippen LogP contribution < -0.4 is 10.5 Å². The van der Waals surface area contributed by atoms with Gasteiger partial charge in [0.2, 0.25) is 0 Å². The molecule has 18 heavy (non-hydrogen) atoms. The van der Waals surface area contributed by atoms with Gasteiger partial charge in [-0.3, -0.25) is 4.79 Å². The second-order valence-electron chi connectivity index (χ2n) is 4.69. The second-order valence-corrected chi connectivity index (χ2v) is 4.69. The highest BCUT2D eigenvalue weighted by atomic mass is 16.5. The number of hydrogen-bond acceptors (Lipinski definition) is 3. The molecule has 1 aliphatic heterocycles. The first-order valence-corrected chi connectivity index (χ1v) is 6.38. The molecule has 1 unspecified atom stereocenters. The third-order valence-corrected chi connectivity index (χ3v) is 3.40. The largest absolute Gasteiger partial charge is 0.493 e. The molecule has 4 nitrogen and oxygen atoms in total. The van der Waals surface area contributed by atoms with Crippen molar-refractivity contribution >= 4 is 5.97 Å². The number of aryl methyl sites for hydroxylation is 1. The van der Waals surface area contributed by atoms with Crippen LogP contribution in [0.1, 0.15) is 24.0 Å². The van der Waals surface area contributed by atoms with Crippen LogP contribution in [0.3, 0.4) is 0 Å². The van der Waals surface area contributed by atoms with Gasteiger partial charge in [0.15, 0.2) is 0 Å². The van der Waals surface area contributed by atoms with Crippen LogP contribution in [0.5, 0.6) is 5.75 Å². The fourth-order valence-electron chi connectivity index (χ4n) is 2.33. The summed E-state index contributed by atoms with van der Waals surface area (Å²) >= 11 is 0. The Bertz CT molecular complexity index is 431. The van der Waals surface area contributed by atoms with Gasteiger partial charge in [-0.15, -0.1) is 0 Å². The Morgan fingerprint density at radius 2 is 2.28 bits per heavy atom. The molecular formula is C14H19NO3. The Morgan fingerprint density at radius 1 is 1.44 bits per heavy atom. The highest BCUT2D eigenvalue weighted by Gasteiger charge is 2.17. The molecule has 1 aromatic carbocycles. The Labute approximate surface area is 107 Å². The lowest BCUT2D eigenvalue weighted by Gasteiger charge is -2.11. The Hall–Kier alpha value is -1.55. The minimum Gasteiger partial charge on any atom is -0.493 e. The van der Waals surface area contributed by atoms with Crippen molar-refractivity contribution in [2.75, 3.05) is 13.2 Å². The summed E-state index contributed by atoms with van der Waals surface area (Å²) in [6.45, 7) is 1.18. The van der Waals surface area contributed by atoms with Crippen molar-refractivity contribution in [3.63, 3.8) is 0 Å². The third-order valence-electron chi connectivity index (χ3n) is 3.40. The molecule has 0 spiro atoms. The Kier molecular flexibility index (Phi) is 4.20. The number of hydrogen-bond donors (Lipinski definition) is 2. The first kappa shape index (κ1) is 12.9. The average Bonchev–Trinajstić information content (AvgIpc) is 2.81. The van der Waals surface area contributed by atoms with Crippen molar-refractivity contribution in [2.45, 2.75) is 25.7 Å². The van der Waals surface area contributed by atoms with E-state index >= 15 is 0 Å². The molecule has 0 fully saturated rings. The van der Waals surface area contributed by atoms with E-state index in [-0.39, 0.29) is 5.92 Å².